The molecule has 2 aromatic carbocycles. The Morgan fingerprint density at radius 3 is 2.53 bits per heavy atom. The van der Waals surface area contributed by atoms with E-state index >= 15 is 0 Å². The van der Waals surface area contributed by atoms with Crippen LogP contribution in [0.15, 0.2) is 42.5 Å². The minimum Gasteiger partial charge on any atom is -0.272 e. The fourth-order valence-electron chi connectivity index (χ4n) is 1.75. The van der Waals surface area contributed by atoms with Gasteiger partial charge in [0, 0.05) is 5.41 Å². The lowest BCUT2D eigenvalue weighted by Crippen LogP contribution is -2.34. The van der Waals surface area contributed by atoms with Gasteiger partial charge >= 0.3 is 0 Å². The van der Waals surface area contributed by atoms with Crippen molar-refractivity contribution in [2.24, 2.45) is 5.41 Å². The monoisotopic (exact) mass is 257 g/mol. The van der Waals surface area contributed by atoms with Crippen molar-refractivity contribution in [1.29, 1.82) is 0 Å². The summed E-state index contributed by atoms with van der Waals surface area (Å²) in [4.78, 5) is 17.0. The second kappa shape index (κ2) is 5.41. The Hall–Kier alpha value is -1.87. The average molecular weight is 257 g/mol. The van der Waals surface area contributed by atoms with Gasteiger partial charge in [0.05, 0.1) is 0 Å². The molecule has 0 radical (unpaired) electrons. The number of hydrogen-bond acceptors (Lipinski definition) is 2. The molecule has 3 nitrogen and oxygen atoms in total. The van der Waals surface area contributed by atoms with E-state index in [2.05, 4.69) is 23.7 Å². The van der Waals surface area contributed by atoms with Crippen LogP contribution in [0.4, 0.5) is 0 Å². The van der Waals surface area contributed by atoms with E-state index in [0.717, 1.165) is 10.9 Å². The Bertz CT molecular complexity index is 579. The van der Waals surface area contributed by atoms with Gasteiger partial charge in [-0.25, -0.2) is 5.48 Å². The lowest BCUT2D eigenvalue weighted by molar-refractivity contribution is -0.142. The van der Waals surface area contributed by atoms with E-state index in [4.69, 9.17) is 4.84 Å². The number of hydroxylamine groups is 1. The van der Waals surface area contributed by atoms with E-state index in [1.165, 1.54) is 5.39 Å². The number of hydrogen-bond donors (Lipinski definition) is 1. The van der Waals surface area contributed by atoms with Crippen LogP contribution in [0.1, 0.15) is 26.3 Å². The summed E-state index contributed by atoms with van der Waals surface area (Å²) in [6.07, 6.45) is 0. The van der Waals surface area contributed by atoms with E-state index in [0.29, 0.717) is 6.61 Å². The fraction of sp³-hybridized carbons (Fsp3) is 0.312. The number of nitrogens with one attached hydrogen (secondary N) is 1. The Kier molecular flexibility index (Phi) is 3.86. The molecule has 1 amide bonds. The molecule has 0 unspecified atom stereocenters. The van der Waals surface area contributed by atoms with Gasteiger partial charge in [0.15, 0.2) is 0 Å². The maximum absolute atomic E-state index is 11.7. The standard InChI is InChI=1S/C16H19NO2/c1-16(2,3)15(18)17-19-11-13-9-6-8-12-7-4-5-10-14(12)13/h4-10H,11H2,1-3H3,(H,17,18). The van der Waals surface area contributed by atoms with Gasteiger partial charge in [0.25, 0.3) is 0 Å². The summed E-state index contributed by atoms with van der Waals surface area (Å²) in [6, 6.07) is 14.2. The summed E-state index contributed by atoms with van der Waals surface area (Å²) in [5.41, 5.74) is 3.11. The highest BCUT2D eigenvalue weighted by molar-refractivity contribution is 5.85. The van der Waals surface area contributed by atoms with Gasteiger partial charge in [-0.05, 0) is 16.3 Å². The second-order valence-electron chi connectivity index (χ2n) is 5.61. The molecule has 0 aliphatic rings. The zero-order chi connectivity index (χ0) is 13.9. The second-order valence-corrected chi connectivity index (χ2v) is 5.61. The van der Waals surface area contributed by atoms with Gasteiger partial charge in [0.1, 0.15) is 6.61 Å². The summed E-state index contributed by atoms with van der Waals surface area (Å²) in [5, 5.41) is 2.32. The van der Waals surface area contributed by atoms with Crippen molar-refractivity contribution in [3.63, 3.8) is 0 Å². The number of benzene rings is 2. The van der Waals surface area contributed by atoms with Gasteiger partial charge in [-0.2, -0.15) is 0 Å². The van der Waals surface area contributed by atoms with Crippen molar-refractivity contribution in [2.75, 3.05) is 0 Å². The number of fused-ring (bicyclic) bond motifs is 1. The predicted octanol–water partition coefficient (Wildman–Crippen LogP) is 3.43. The molecule has 0 fully saturated rings. The van der Waals surface area contributed by atoms with Gasteiger partial charge in [-0.15, -0.1) is 0 Å². The van der Waals surface area contributed by atoms with Crippen molar-refractivity contribution in [2.45, 2.75) is 27.4 Å². The van der Waals surface area contributed by atoms with E-state index in [-0.39, 0.29) is 5.91 Å². The highest BCUT2D eigenvalue weighted by atomic mass is 16.6. The first-order valence-corrected chi connectivity index (χ1v) is 6.37. The molecule has 0 saturated carbocycles. The Labute approximate surface area is 113 Å². The first kappa shape index (κ1) is 13.6. The quantitative estimate of drug-likeness (QED) is 0.855. The molecule has 2 aromatic rings. The molecule has 0 heterocycles. The Balaban J connectivity index is 2.05. The molecule has 3 heteroatoms. The molecular formula is C16H19NO2. The minimum absolute atomic E-state index is 0.118. The van der Waals surface area contributed by atoms with Crippen molar-refractivity contribution in [3.05, 3.63) is 48.0 Å². The normalized spacial score (nSPS) is 11.5. The van der Waals surface area contributed by atoms with Crippen molar-refractivity contribution >= 4 is 16.7 Å². The Morgan fingerprint density at radius 2 is 1.79 bits per heavy atom. The molecule has 0 bridgehead atoms. The van der Waals surface area contributed by atoms with Crippen LogP contribution in [0.2, 0.25) is 0 Å². The summed E-state index contributed by atoms with van der Waals surface area (Å²) in [7, 11) is 0. The van der Waals surface area contributed by atoms with E-state index < -0.39 is 5.41 Å². The van der Waals surface area contributed by atoms with E-state index in [9.17, 15) is 4.79 Å². The van der Waals surface area contributed by atoms with Crippen LogP contribution in [0, 0.1) is 5.41 Å². The molecular weight excluding hydrogens is 238 g/mol. The van der Waals surface area contributed by atoms with Crippen LogP contribution in [0.25, 0.3) is 10.8 Å². The first-order chi connectivity index (χ1) is 8.98. The molecule has 0 aliphatic carbocycles. The maximum atomic E-state index is 11.7. The third-order valence-corrected chi connectivity index (χ3v) is 2.95. The van der Waals surface area contributed by atoms with Crippen LogP contribution in [0.5, 0.6) is 0 Å². The number of carbonyl (C=O) groups excluding carboxylic acids is 1. The smallest absolute Gasteiger partial charge is 0.248 e. The molecule has 0 saturated heterocycles. The van der Waals surface area contributed by atoms with Crippen LogP contribution < -0.4 is 5.48 Å². The zero-order valence-corrected chi connectivity index (χ0v) is 11.6. The van der Waals surface area contributed by atoms with Crippen LogP contribution in [0.3, 0.4) is 0 Å². The summed E-state index contributed by atoms with van der Waals surface area (Å²) < 4.78 is 0. The number of amides is 1. The van der Waals surface area contributed by atoms with Crippen LogP contribution in [-0.2, 0) is 16.2 Å². The van der Waals surface area contributed by atoms with Crippen molar-refractivity contribution in [1.82, 2.24) is 5.48 Å². The van der Waals surface area contributed by atoms with Gasteiger partial charge < -0.3 is 0 Å². The summed E-state index contributed by atoms with van der Waals surface area (Å²) >= 11 is 0. The average Bonchev–Trinajstić information content (AvgIpc) is 2.38. The zero-order valence-electron chi connectivity index (χ0n) is 11.6. The van der Waals surface area contributed by atoms with Crippen molar-refractivity contribution in [3.8, 4) is 0 Å². The fourth-order valence-corrected chi connectivity index (χ4v) is 1.75. The third kappa shape index (κ3) is 3.32. The highest BCUT2D eigenvalue weighted by Gasteiger charge is 2.21. The molecule has 0 aromatic heterocycles. The van der Waals surface area contributed by atoms with E-state index in [1.807, 2.05) is 45.0 Å². The molecule has 0 spiro atoms. The lowest BCUT2D eigenvalue weighted by atomic mass is 9.96. The number of rotatable bonds is 3. The SMILES string of the molecule is CC(C)(C)C(=O)NOCc1cccc2ccccc12. The van der Waals surface area contributed by atoms with Gasteiger partial charge in [0.2, 0.25) is 5.91 Å². The van der Waals surface area contributed by atoms with Gasteiger partial charge in [-0.1, -0.05) is 63.2 Å². The molecule has 0 aliphatic heterocycles. The highest BCUT2D eigenvalue weighted by Crippen LogP contribution is 2.19. The summed E-state index contributed by atoms with van der Waals surface area (Å²) in [5.74, 6) is -0.118. The first-order valence-electron chi connectivity index (χ1n) is 6.37. The van der Waals surface area contributed by atoms with Gasteiger partial charge in [-0.3, -0.25) is 9.63 Å². The lowest BCUT2D eigenvalue weighted by Gasteiger charge is -2.17. The topological polar surface area (TPSA) is 38.3 Å². The largest absolute Gasteiger partial charge is 0.272 e. The minimum atomic E-state index is -0.446. The third-order valence-electron chi connectivity index (χ3n) is 2.95. The molecule has 1 N–H and O–H groups in total. The molecule has 2 rings (SSSR count). The van der Waals surface area contributed by atoms with Crippen molar-refractivity contribution < 1.29 is 9.63 Å². The molecule has 19 heavy (non-hydrogen) atoms. The van der Waals surface area contributed by atoms with Crippen LogP contribution in [-0.4, -0.2) is 5.91 Å². The summed E-state index contributed by atoms with van der Waals surface area (Å²) in [6.45, 7) is 5.92. The maximum Gasteiger partial charge on any atom is 0.248 e. The van der Waals surface area contributed by atoms with Crippen LogP contribution >= 0.6 is 0 Å². The molecule has 100 valence electrons. The predicted molar refractivity (Wildman–Crippen MR) is 76.3 cm³/mol. The van der Waals surface area contributed by atoms with E-state index in [1.54, 1.807) is 0 Å². The Morgan fingerprint density at radius 1 is 1.11 bits per heavy atom. The number of carbonyl (C=O) groups is 1. The molecule has 0 atom stereocenters.